The fourth-order valence-electron chi connectivity index (χ4n) is 7.19. The van der Waals surface area contributed by atoms with Crippen LogP contribution in [0.15, 0.2) is 72.9 Å². The summed E-state index contributed by atoms with van der Waals surface area (Å²) in [7, 11) is 0. The zero-order chi connectivity index (χ0) is 37.7. The summed E-state index contributed by atoms with van der Waals surface area (Å²) in [5.74, 6) is -5.01. The van der Waals surface area contributed by atoms with Crippen LogP contribution in [0.4, 0.5) is 40.4 Å². The smallest absolute Gasteiger partial charge is 0.265 e. The topological polar surface area (TPSA) is 104 Å². The van der Waals surface area contributed by atoms with Gasteiger partial charge in [-0.25, -0.2) is 22.5 Å². The highest BCUT2D eigenvalue weighted by molar-refractivity contribution is 7.17. The van der Waals surface area contributed by atoms with Gasteiger partial charge in [0.2, 0.25) is 0 Å². The summed E-state index contributed by atoms with van der Waals surface area (Å²) in [6, 6.07) is 14.7. The second kappa shape index (κ2) is 14.2. The molecule has 1 spiro atoms. The number of carbonyl (C=O) groups is 3. The van der Waals surface area contributed by atoms with Crippen LogP contribution in [0.3, 0.4) is 0 Å². The number of benzene rings is 3. The molecular formula is C39H30ClF4N5O4S. The molecule has 0 unspecified atom stereocenters. The largest absolute Gasteiger partial charge is 0.381 e. The quantitative estimate of drug-likeness (QED) is 0.168. The summed E-state index contributed by atoms with van der Waals surface area (Å²) in [6.07, 6.45) is 3.14. The number of hydrogen-bond acceptors (Lipinski definition) is 7. The first kappa shape index (κ1) is 35.7. The molecule has 2 aromatic heterocycles. The third-order valence-corrected chi connectivity index (χ3v) is 11.6. The minimum atomic E-state index is -1.16. The molecule has 3 amide bonds. The second-order valence-corrected chi connectivity index (χ2v) is 15.0. The molecular weight excluding hydrogens is 746 g/mol. The average Bonchev–Trinajstić information content (AvgIpc) is 3.52. The number of aromatic nitrogens is 1. The van der Waals surface area contributed by atoms with E-state index in [0.717, 1.165) is 54.6 Å². The Balaban J connectivity index is 1.01. The number of anilines is 4. The van der Waals surface area contributed by atoms with Gasteiger partial charge in [0, 0.05) is 66.0 Å². The number of halogens is 5. The van der Waals surface area contributed by atoms with Gasteiger partial charge in [0.15, 0.2) is 11.6 Å². The summed E-state index contributed by atoms with van der Waals surface area (Å²) < 4.78 is 63.6. The van der Waals surface area contributed by atoms with Gasteiger partial charge in [0.1, 0.15) is 17.5 Å². The number of para-hydroxylation sites is 1. The molecule has 0 saturated carbocycles. The van der Waals surface area contributed by atoms with E-state index in [1.807, 2.05) is 4.90 Å². The number of hydrogen-bond donors (Lipinski definition) is 2. The molecule has 0 bridgehead atoms. The zero-order valence-corrected chi connectivity index (χ0v) is 29.9. The van der Waals surface area contributed by atoms with Crippen molar-refractivity contribution in [2.45, 2.75) is 19.3 Å². The van der Waals surface area contributed by atoms with Gasteiger partial charge in [-0.2, -0.15) is 0 Å². The number of ether oxygens (including phenoxy) is 1. The van der Waals surface area contributed by atoms with E-state index < -0.39 is 41.0 Å². The molecule has 2 N–H and O–H groups in total. The predicted molar refractivity (Wildman–Crippen MR) is 198 cm³/mol. The fourth-order valence-corrected chi connectivity index (χ4v) is 8.53. The van der Waals surface area contributed by atoms with E-state index in [9.17, 15) is 31.9 Å². The Morgan fingerprint density at radius 3 is 2.35 bits per heavy atom. The number of rotatable bonds is 6. The van der Waals surface area contributed by atoms with E-state index in [0.29, 0.717) is 48.2 Å². The van der Waals surface area contributed by atoms with E-state index in [4.69, 9.17) is 16.3 Å². The van der Waals surface area contributed by atoms with Crippen LogP contribution < -0.4 is 20.4 Å². The van der Waals surface area contributed by atoms with Crippen molar-refractivity contribution < 1.29 is 36.7 Å². The zero-order valence-electron chi connectivity index (χ0n) is 28.4. The van der Waals surface area contributed by atoms with Gasteiger partial charge in [-0.1, -0.05) is 17.7 Å². The molecule has 54 heavy (non-hydrogen) atoms. The number of nitrogens with zero attached hydrogens (tertiary/aromatic N) is 3. The van der Waals surface area contributed by atoms with Crippen LogP contribution in [0.2, 0.25) is 5.02 Å². The van der Waals surface area contributed by atoms with Crippen LogP contribution in [0, 0.1) is 28.7 Å². The molecule has 15 heteroatoms. The summed E-state index contributed by atoms with van der Waals surface area (Å²) in [5, 5.41) is 5.25. The van der Waals surface area contributed by atoms with Gasteiger partial charge < -0.3 is 25.2 Å². The van der Waals surface area contributed by atoms with Crippen molar-refractivity contribution in [1.29, 1.82) is 0 Å². The Kier molecular flexibility index (Phi) is 9.36. The SMILES string of the molecule is O=C(Nc1c(F)cccc1Cl)c1cc2c(s1)-c1cc(F)c(F)cc1N(C(=O)c1ccc(NC(=O)c3cc(F)cnc3N3CC4(CCOCC4)C3)cc1)CC2. The average molecular weight is 776 g/mol. The van der Waals surface area contributed by atoms with Crippen molar-refractivity contribution in [2.75, 3.05) is 53.3 Å². The van der Waals surface area contributed by atoms with Crippen molar-refractivity contribution in [2.24, 2.45) is 5.41 Å². The Labute approximate surface area is 315 Å². The standard InChI is InChI=1S/C39H30ClF4N5O4S/c40-27-2-1-3-28(42)33(27)47-37(51)32-14-22-8-11-49(31-17-30(44)29(43)16-25(31)34(22)54-32)38(52)21-4-6-24(7-5-21)46-36(50)26-15-23(41)18-45-35(26)48-19-39(20-48)9-12-53-13-10-39/h1-7,14-18H,8-13,19-20H2,(H,46,50)(H,47,51). The molecule has 0 radical (unpaired) electrons. The van der Waals surface area contributed by atoms with Crippen molar-refractivity contribution in [3.05, 3.63) is 123 Å². The van der Waals surface area contributed by atoms with Crippen LogP contribution in [0.25, 0.3) is 10.4 Å². The third-order valence-electron chi connectivity index (χ3n) is 10.0. The first-order valence-corrected chi connectivity index (χ1v) is 18.3. The lowest BCUT2D eigenvalue weighted by Crippen LogP contribution is -2.59. The molecule has 9 nitrogen and oxygen atoms in total. The van der Waals surface area contributed by atoms with Crippen LogP contribution in [0.1, 0.15) is 48.8 Å². The predicted octanol–water partition coefficient (Wildman–Crippen LogP) is 8.34. The van der Waals surface area contributed by atoms with E-state index in [1.165, 1.54) is 41.3 Å². The highest BCUT2D eigenvalue weighted by atomic mass is 35.5. The van der Waals surface area contributed by atoms with Crippen LogP contribution in [0.5, 0.6) is 0 Å². The monoisotopic (exact) mass is 775 g/mol. The fraction of sp³-hybridized carbons (Fsp3) is 0.231. The Morgan fingerprint density at radius 1 is 0.870 bits per heavy atom. The van der Waals surface area contributed by atoms with Crippen molar-refractivity contribution in [1.82, 2.24) is 4.98 Å². The minimum Gasteiger partial charge on any atom is -0.381 e. The molecule has 3 aromatic carbocycles. The summed E-state index contributed by atoms with van der Waals surface area (Å²) in [5.41, 5.74) is 1.44. The summed E-state index contributed by atoms with van der Waals surface area (Å²) in [6.45, 7) is 2.80. The summed E-state index contributed by atoms with van der Waals surface area (Å²) in [4.78, 5) is 48.7. The number of fused-ring (bicyclic) bond motifs is 3. The number of carbonyl (C=O) groups excluding carboxylic acids is 3. The lowest BCUT2D eigenvalue weighted by Gasteiger charge is -2.53. The molecule has 5 aromatic rings. The van der Waals surface area contributed by atoms with E-state index in [-0.39, 0.29) is 56.3 Å². The molecule has 0 aliphatic carbocycles. The van der Waals surface area contributed by atoms with Gasteiger partial charge in [-0.15, -0.1) is 11.3 Å². The van der Waals surface area contributed by atoms with Crippen LogP contribution >= 0.6 is 22.9 Å². The Morgan fingerprint density at radius 2 is 1.61 bits per heavy atom. The second-order valence-electron chi connectivity index (χ2n) is 13.5. The minimum absolute atomic E-state index is 0.0118. The lowest BCUT2D eigenvalue weighted by atomic mass is 9.73. The maximum atomic E-state index is 14.7. The molecule has 5 heterocycles. The highest BCUT2D eigenvalue weighted by Gasteiger charge is 2.45. The molecule has 276 valence electrons. The van der Waals surface area contributed by atoms with Gasteiger partial charge in [-0.3, -0.25) is 14.4 Å². The van der Waals surface area contributed by atoms with Gasteiger partial charge in [0.05, 0.1) is 33.0 Å². The van der Waals surface area contributed by atoms with Crippen LogP contribution in [-0.4, -0.2) is 55.6 Å². The van der Waals surface area contributed by atoms with Gasteiger partial charge in [-0.05, 0) is 79.4 Å². The molecule has 0 atom stereocenters. The Hall–Kier alpha value is -5.31. The highest BCUT2D eigenvalue weighted by Crippen LogP contribution is 2.44. The number of amides is 3. The van der Waals surface area contributed by atoms with Crippen molar-refractivity contribution >= 4 is 63.5 Å². The van der Waals surface area contributed by atoms with Crippen molar-refractivity contribution in [3.8, 4) is 10.4 Å². The first-order valence-electron chi connectivity index (χ1n) is 17.1. The number of pyridine rings is 1. The number of nitrogens with one attached hydrogen (secondary N) is 2. The molecule has 3 aliphatic heterocycles. The Bertz CT molecular complexity index is 2300. The van der Waals surface area contributed by atoms with Gasteiger partial charge in [0.25, 0.3) is 17.7 Å². The first-order chi connectivity index (χ1) is 26.0. The molecule has 2 saturated heterocycles. The normalized spacial score (nSPS) is 15.9. The maximum Gasteiger partial charge on any atom is 0.265 e. The molecule has 8 rings (SSSR count). The molecule has 3 aliphatic rings. The number of thiophene rings is 1. The van der Waals surface area contributed by atoms with E-state index >= 15 is 0 Å². The molecule has 2 fully saturated rings. The van der Waals surface area contributed by atoms with E-state index in [1.54, 1.807) is 6.07 Å². The van der Waals surface area contributed by atoms with Gasteiger partial charge >= 0.3 is 0 Å². The third kappa shape index (κ3) is 6.69. The van der Waals surface area contributed by atoms with Crippen LogP contribution in [-0.2, 0) is 11.2 Å². The maximum absolute atomic E-state index is 14.7. The van der Waals surface area contributed by atoms with E-state index in [2.05, 4.69) is 15.6 Å². The lowest BCUT2D eigenvalue weighted by molar-refractivity contribution is -0.000516. The summed E-state index contributed by atoms with van der Waals surface area (Å²) >= 11 is 7.08. The van der Waals surface area contributed by atoms with Crippen molar-refractivity contribution in [3.63, 3.8) is 0 Å².